The Morgan fingerprint density at radius 1 is 1.19 bits per heavy atom. The van der Waals surface area contributed by atoms with Crippen LogP contribution in [0.25, 0.3) is 0 Å². The first kappa shape index (κ1) is 23.5. The van der Waals surface area contributed by atoms with Crippen LogP contribution in [0.1, 0.15) is 46.7 Å². The number of nitrogens with zero attached hydrogens (tertiary/aromatic N) is 4. The van der Waals surface area contributed by atoms with Crippen LogP contribution in [0.3, 0.4) is 0 Å². The number of hydrogen-bond acceptors (Lipinski definition) is 6. The van der Waals surface area contributed by atoms with Gasteiger partial charge >= 0.3 is 0 Å². The molecule has 2 aliphatic rings. The quantitative estimate of drug-likeness (QED) is 0.550. The summed E-state index contributed by atoms with van der Waals surface area (Å²) in [6, 6.07) is 5.89. The van der Waals surface area contributed by atoms with Gasteiger partial charge < -0.3 is 14.7 Å². The van der Waals surface area contributed by atoms with Crippen LogP contribution < -0.4 is 15.2 Å². The van der Waals surface area contributed by atoms with Gasteiger partial charge in [-0.3, -0.25) is 24.3 Å². The van der Waals surface area contributed by atoms with Gasteiger partial charge in [-0.2, -0.15) is 4.39 Å². The number of carbonyl (C=O) groups excluding carboxylic acids is 1. The molecule has 0 fully saturated rings. The zero-order valence-electron chi connectivity index (χ0n) is 19.7. The molecule has 5 rings (SSSR count). The predicted octanol–water partition coefficient (Wildman–Crippen LogP) is 3.40. The van der Waals surface area contributed by atoms with Crippen molar-refractivity contribution in [2.45, 2.75) is 32.4 Å². The Labute approximate surface area is 205 Å². The van der Waals surface area contributed by atoms with E-state index in [2.05, 4.69) is 4.98 Å². The lowest BCUT2D eigenvalue weighted by atomic mass is 9.97. The molecule has 36 heavy (non-hydrogen) atoms. The minimum atomic E-state index is -1.14. The Hall–Kier alpha value is -4.21. The molecule has 2 aliphatic heterocycles. The number of rotatable bonds is 2. The summed E-state index contributed by atoms with van der Waals surface area (Å²) < 4.78 is 36.6. The summed E-state index contributed by atoms with van der Waals surface area (Å²) in [6.07, 6.45) is 6.87. The number of aromatic hydroxyl groups is 1. The molecule has 0 saturated heterocycles. The van der Waals surface area contributed by atoms with Crippen LogP contribution in [-0.2, 0) is 0 Å². The maximum atomic E-state index is 15.1. The summed E-state index contributed by atoms with van der Waals surface area (Å²) in [5.74, 6) is -3.70. The number of halogens is 2. The largest absolute Gasteiger partial charge is 0.502 e. The van der Waals surface area contributed by atoms with Crippen molar-refractivity contribution < 1.29 is 23.4 Å². The van der Waals surface area contributed by atoms with E-state index in [-0.39, 0.29) is 30.3 Å². The van der Waals surface area contributed by atoms with Crippen LogP contribution in [0.5, 0.6) is 11.5 Å². The van der Waals surface area contributed by atoms with E-state index in [0.717, 1.165) is 17.7 Å². The van der Waals surface area contributed by atoms with E-state index in [1.165, 1.54) is 21.8 Å². The molecule has 2 bridgehead atoms. The van der Waals surface area contributed by atoms with Crippen LogP contribution in [0.15, 0.2) is 59.7 Å². The van der Waals surface area contributed by atoms with Gasteiger partial charge in [-0.25, -0.2) is 4.39 Å². The van der Waals surface area contributed by atoms with Crippen molar-refractivity contribution in [3.05, 3.63) is 99.3 Å². The summed E-state index contributed by atoms with van der Waals surface area (Å²) in [7, 11) is 0. The molecule has 0 unspecified atom stereocenters. The molecule has 3 aromatic rings. The molecule has 0 radical (unpaired) electrons. The molecular formula is C26H24F2N4O4. The molecule has 4 heterocycles. The summed E-state index contributed by atoms with van der Waals surface area (Å²) in [6.45, 7) is 3.68. The zero-order valence-corrected chi connectivity index (χ0v) is 19.7. The highest BCUT2D eigenvalue weighted by Gasteiger charge is 2.40. The van der Waals surface area contributed by atoms with Gasteiger partial charge in [-0.15, -0.1) is 0 Å². The van der Waals surface area contributed by atoms with Crippen LogP contribution in [0, 0.1) is 18.6 Å². The molecular weight excluding hydrogens is 470 g/mol. The van der Waals surface area contributed by atoms with Gasteiger partial charge in [0.15, 0.2) is 23.0 Å². The van der Waals surface area contributed by atoms with E-state index < -0.39 is 40.8 Å². The Bertz CT molecular complexity index is 1440. The second kappa shape index (κ2) is 9.10. The van der Waals surface area contributed by atoms with Gasteiger partial charge in [-0.1, -0.05) is 19.1 Å². The summed E-state index contributed by atoms with van der Waals surface area (Å²) >= 11 is 0. The molecule has 1 N–H and O–H groups in total. The van der Waals surface area contributed by atoms with Crippen molar-refractivity contribution in [2.75, 3.05) is 18.3 Å². The number of aromatic nitrogens is 2. The summed E-state index contributed by atoms with van der Waals surface area (Å²) in [5.41, 5.74) is 0.619. The van der Waals surface area contributed by atoms with Crippen molar-refractivity contribution >= 4 is 5.91 Å². The Balaban J connectivity index is 1.87. The highest BCUT2D eigenvalue weighted by molar-refractivity contribution is 5.96. The third-order valence-corrected chi connectivity index (χ3v) is 6.57. The van der Waals surface area contributed by atoms with Gasteiger partial charge in [0.2, 0.25) is 11.2 Å². The van der Waals surface area contributed by atoms with E-state index >= 15 is 4.39 Å². The monoisotopic (exact) mass is 494 g/mol. The van der Waals surface area contributed by atoms with Crippen molar-refractivity contribution in [2.24, 2.45) is 0 Å². The number of ether oxygens (including phenoxy) is 1. The number of amides is 1. The third kappa shape index (κ3) is 3.69. The second-order valence-corrected chi connectivity index (χ2v) is 8.68. The van der Waals surface area contributed by atoms with Gasteiger partial charge in [0.05, 0.1) is 11.7 Å². The van der Waals surface area contributed by atoms with Gasteiger partial charge in [-0.05, 0) is 43.2 Å². The molecule has 0 spiro atoms. The van der Waals surface area contributed by atoms with Crippen LogP contribution in [-0.4, -0.2) is 44.9 Å². The standard InChI is InChI=1S/C26H24F2N4O4/c1-3-16-7-5-13-36-25-17(8-9-18(27)20(25)28)22(21-15(2)6-4-11-29-21)32-14-30(16)26(35)23-24(34)19(33)10-12-31(23)32/h4-12,16,22,34H,3,13-14H2,1-2H3/b7-5+/t16-,22-/m1/s1. The predicted molar refractivity (Wildman–Crippen MR) is 128 cm³/mol. The Kier molecular flexibility index (Phi) is 5.95. The molecule has 8 nitrogen and oxygen atoms in total. The zero-order chi connectivity index (χ0) is 25.6. The van der Waals surface area contributed by atoms with Crippen molar-refractivity contribution in [1.82, 2.24) is 14.6 Å². The van der Waals surface area contributed by atoms with E-state index in [9.17, 15) is 19.1 Å². The van der Waals surface area contributed by atoms with Crippen LogP contribution in [0.4, 0.5) is 8.78 Å². The fourth-order valence-electron chi connectivity index (χ4n) is 4.76. The van der Waals surface area contributed by atoms with E-state index in [1.54, 1.807) is 29.4 Å². The molecule has 186 valence electrons. The molecule has 1 amide bonds. The number of benzene rings is 1. The number of carbonyl (C=O) groups is 1. The fourth-order valence-corrected chi connectivity index (χ4v) is 4.76. The first-order chi connectivity index (χ1) is 17.3. The van der Waals surface area contributed by atoms with Crippen LogP contribution >= 0.6 is 0 Å². The number of fused-ring (bicyclic) bond motifs is 5. The van der Waals surface area contributed by atoms with Gasteiger partial charge in [0.1, 0.15) is 19.3 Å². The lowest BCUT2D eigenvalue weighted by Crippen LogP contribution is -2.58. The minimum Gasteiger partial charge on any atom is -0.502 e. The number of hydrogen-bond donors (Lipinski definition) is 1. The Morgan fingerprint density at radius 2 is 2.00 bits per heavy atom. The van der Waals surface area contributed by atoms with Crippen molar-refractivity contribution in [3.63, 3.8) is 0 Å². The average molecular weight is 494 g/mol. The first-order valence-electron chi connectivity index (χ1n) is 11.5. The topological polar surface area (TPSA) is 87.9 Å². The van der Waals surface area contributed by atoms with Crippen molar-refractivity contribution in [1.29, 1.82) is 0 Å². The van der Waals surface area contributed by atoms with E-state index in [1.807, 2.05) is 19.9 Å². The number of pyridine rings is 2. The maximum Gasteiger partial charge on any atom is 0.278 e. The first-order valence-corrected chi connectivity index (χ1v) is 11.5. The second-order valence-electron chi connectivity index (χ2n) is 8.68. The van der Waals surface area contributed by atoms with Gasteiger partial charge in [0.25, 0.3) is 5.91 Å². The SMILES string of the molecule is CC[C@@H]1/C=C/COc2c(ccc(F)c2F)[C@H](c2ncccc2C)N2CN1C(=O)c1c(O)c(=O)ccn12. The highest BCUT2D eigenvalue weighted by Crippen LogP contribution is 2.39. The lowest BCUT2D eigenvalue weighted by Gasteiger charge is -2.45. The number of aryl methyl sites for hydroxylation is 1. The highest BCUT2D eigenvalue weighted by atomic mass is 19.2. The van der Waals surface area contributed by atoms with E-state index in [0.29, 0.717) is 12.1 Å². The fraction of sp³-hybridized carbons (Fsp3) is 0.269. The smallest absolute Gasteiger partial charge is 0.278 e. The van der Waals surface area contributed by atoms with Crippen LogP contribution in [0.2, 0.25) is 0 Å². The molecule has 0 saturated carbocycles. The average Bonchev–Trinajstić information content (AvgIpc) is 2.89. The van der Waals surface area contributed by atoms with Crippen molar-refractivity contribution in [3.8, 4) is 11.5 Å². The molecule has 1 aromatic carbocycles. The molecule has 10 heteroatoms. The summed E-state index contributed by atoms with van der Waals surface area (Å²) in [5, 5.41) is 12.4. The maximum absolute atomic E-state index is 15.1. The molecule has 2 aromatic heterocycles. The summed E-state index contributed by atoms with van der Waals surface area (Å²) in [4.78, 5) is 32.0. The molecule has 2 atom stereocenters. The lowest BCUT2D eigenvalue weighted by molar-refractivity contribution is 0.0625. The minimum absolute atomic E-state index is 0.0100. The van der Waals surface area contributed by atoms with Gasteiger partial charge in [0, 0.05) is 24.0 Å². The third-order valence-electron chi connectivity index (χ3n) is 6.57. The van der Waals surface area contributed by atoms with E-state index in [4.69, 9.17) is 4.74 Å². The Morgan fingerprint density at radius 3 is 2.75 bits per heavy atom. The normalized spacial score (nSPS) is 20.2. The molecule has 0 aliphatic carbocycles.